The van der Waals surface area contributed by atoms with Gasteiger partial charge in [-0.3, -0.25) is 4.79 Å². The molecule has 1 aliphatic rings. The van der Waals surface area contributed by atoms with E-state index < -0.39 is 11.5 Å². The quantitative estimate of drug-likeness (QED) is 0.503. The van der Waals surface area contributed by atoms with Crippen LogP contribution in [0.2, 0.25) is 5.02 Å². The highest BCUT2D eigenvalue weighted by molar-refractivity contribution is 6.30. The molecule has 2 heterocycles. The van der Waals surface area contributed by atoms with E-state index in [0.717, 1.165) is 5.56 Å². The van der Waals surface area contributed by atoms with Crippen molar-refractivity contribution in [3.63, 3.8) is 0 Å². The van der Waals surface area contributed by atoms with Crippen LogP contribution < -0.4 is 10.4 Å². The van der Waals surface area contributed by atoms with Gasteiger partial charge in [0, 0.05) is 10.9 Å². The van der Waals surface area contributed by atoms with E-state index in [-0.39, 0.29) is 12.4 Å². The van der Waals surface area contributed by atoms with Gasteiger partial charge in [0.15, 0.2) is 5.75 Å². The molecular weight excluding hydrogens is 316 g/mol. The number of halogens is 1. The van der Waals surface area contributed by atoms with Crippen LogP contribution in [0.3, 0.4) is 0 Å². The second-order valence-electron chi connectivity index (χ2n) is 5.41. The number of hydrogen-bond acceptors (Lipinski definition) is 4. The van der Waals surface area contributed by atoms with Gasteiger partial charge in [-0.05, 0) is 29.8 Å². The zero-order chi connectivity index (χ0) is 16.0. The molecule has 1 atom stereocenters. The standard InChI is InChI=1S/C18H11ClO4/c19-11-7-5-10(6-8-11)13-9-15(20)23-17-12-3-1-2-4-14(12)22-18(21)16(13)17/h1-8,13H,9H2. The first-order valence-corrected chi connectivity index (χ1v) is 7.53. The Kier molecular flexibility index (Phi) is 3.20. The molecule has 1 unspecified atom stereocenters. The normalized spacial score (nSPS) is 16.9. The van der Waals surface area contributed by atoms with Gasteiger partial charge >= 0.3 is 11.6 Å². The number of para-hydroxylation sites is 1. The first-order chi connectivity index (χ1) is 11.1. The summed E-state index contributed by atoms with van der Waals surface area (Å²) in [5, 5.41) is 1.21. The Bertz CT molecular complexity index is 972. The summed E-state index contributed by atoms with van der Waals surface area (Å²) < 4.78 is 10.8. The topological polar surface area (TPSA) is 56.5 Å². The largest absolute Gasteiger partial charge is 0.425 e. The van der Waals surface area contributed by atoms with Crippen molar-refractivity contribution in [1.29, 1.82) is 0 Å². The maximum absolute atomic E-state index is 12.5. The number of esters is 1. The zero-order valence-electron chi connectivity index (χ0n) is 11.9. The summed E-state index contributed by atoms with van der Waals surface area (Å²) in [6, 6.07) is 14.1. The molecule has 0 bridgehead atoms. The van der Waals surface area contributed by atoms with E-state index in [1.165, 1.54) is 0 Å². The average molecular weight is 327 g/mol. The zero-order valence-corrected chi connectivity index (χ0v) is 12.7. The van der Waals surface area contributed by atoms with E-state index >= 15 is 0 Å². The number of benzene rings is 2. The molecule has 0 fully saturated rings. The van der Waals surface area contributed by atoms with Crippen LogP contribution in [0.5, 0.6) is 5.75 Å². The lowest BCUT2D eigenvalue weighted by Gasteiger charge is -2.24. The van der Waals surface area contributed by atoms with Crippen LogP contribution in [0.1, 0.15) is 23.5 Å². The van der Waals surface area contributed by atoms with Crippen molar-refractivity contribution in [2.45, 2.75) is 12.3 Å². The molecule has 5 heteroatoms. The summed E-state index contributed by atoms with van der Waals surface area (Å²) in [7, 11) is 0. The predicted molar refractivity (Wildman–Crippen MR) is 86.0 cm³/mol. The highest BCUT2D eigenvalue weighted by atomic mass is 35.5. The molecule has 3 aromatic rings. The third kappa shape index (κ3) is 2.32. The van der Waals surface area contributed by atoms with Gasteiger partial charge in [-0.25, -0.2) is 4.79 Å². The summed E-state index contributed by atoms with van der Waals surface area (Å²) in [6.45, 7) is 0. The van der Waals surface area contributed by atoms with Crippen molar-refractivity contribution in [3.8, 4) is 5.75 Å². The van der Waals surface area contributed by atoms with Gasteiger partial charge in [0.2, 0.25) is 0 Å². The van der Waals surface area contributed by atoms with Crippen LogP contribution in [-0.2, 0) is 4.79 Å². The van der Waals surface area contributed by atoms with Gasteiger partial charge in [0.1, 0.15) is 5.58 Å². The highest BCUT2D eigenvalue weighted by Crippen LogP contribution is 2.40. The Balaban J connectivity index is 2.00. The third-order valence-corrected chi connectivity index (χ3v) is 4.26. The first-order valence-electron chi connectivity index (χ1n) is 7.15. The van der Waals surface area contributed by atoms with Crippen LogP contribution in [0.15, 0.2) is 57.7 Å². The number of fused-ring (bicyclic) bond motifs is 3. The fourth-order valence-electron chi connectivity index (χ4n) is 2.95. The second kappa shape index (κ2) is 5.25. The fourth-order valence-corrected chi connectivity index (χ4v) is 3.08. The molecule has 2 aromatic carbocycles. The molecule has 114 valence electrons. The summed E-state index contributed by atoms with van der Waals surface area (Å²) in [5.41, 5.74) is 1.13. The monoisotopic (exact) mass is 326 g/mol. The van der Waals surface area contributed by atoms with E-state index in [1.54, 1.807) is 30.3 Å². The number of ether oxygens (including phenoxy) is 1. The minimum Gasteiger partial charge on any atom is -0.425 e. The molecule has 0 aliphatic carbocycles. The molecule has 0 saturated heterocycles. The number of hydrogen-bond donors (Lipinski definition) is 0. The number of carbonyl (C=O) groups excluding carboxylic acids is 1. The van der Waals surface area contributed by atoms with Gasteiger partial charge in [-0.1, -0.05) is 35.9 Å². The highest BCUT2D eigenvalue weighted by Gasteiger charge is 2.33. The van der Waals surface area contributed by atoms with Crippen molar-refractivity contribution >= 4 is 28.5 Å². The summed E-state index contributed by atoms with van der Waals surface area (Å²) in [4.78, 5) is 24.5. The van der Waals surface area contributed by atoms with Gasteiger partial charge in [-0.15, -0.1) is 0 Å². The second-order valence-corrected chi connectivity index (χ2v) is 5.85. The Morgan fingerprint density at radius 2 is 1.74 bits per heavy atom. The summed E-state index contributed by atoms with van der Waals surface area (Å²) in [6.07, 6.45) is 0.0950. The van der Waals surface area contributed by atoms with Crippen molar-refractivity contribution in [2.24, 2.45) is 0 Å². The molecule has 0 amide bonds. The molecule has 4 rings (SSSR count). The maximum Gasteiger partial charge on any atom is 0.343 e. The number of rotatable bonds is 1. The molecule has 1 aromatic heterocycles. The first kappa shape index (κ1) is 14.0. The van der Waals surface area contributed by atoms with E-state index in [4.69, 9.17) is 20.8 Å². The van der Waals surface area contributed by atoms with E-state index in [0.29, 0.717) is 27.3 Å². The average Bonchev–Trinajstić information content (AvgIpc) is 2.55. The van der Waals surface area contributed by atoms with Crippen LogP contribution >= 0.6 is 11.6 Å². The van der Waals surface area contributed by atoms with Crippen LogP contribution in [0, 0.1) is 0 Å². The molecule has 0 N–H and O–H groups in total. The van der Waals surface area contributed by atoms with Crippen LogP contribution in [0.25, 0.3) is 11.0 Å². The van der Waals surface area contributed by atoms with Gasteiger partial charge < -0.3 is 9.15 Å². The molecule has 23 heavy (non-hydrogen) atoms. The molecule has 1 aliphatic heterocycles. The van der Waals surface area contributed by atoms with Crippen LogP contribution in [0.4, 0.5) is 0 Å². The predicted octanol–water partition coefficient (Wildman–Crippen LogP) is 3.89. The van der Waals surface area contributed by atoms with Crippen molar-refractivity contribution < 1.29 is 13.9 Å². The van der Waals surface area contributed by atoms with Crippen molar-refractivity contribution in [1.82, 2.24) is 0 Å². The molecule has 0 saturated carbocycles. The number of carbonyl (C=O) groups is 1. The lowest BCUT2D eigenvalue weighted by atomic mass is 9.87. The van der Waals surface area contributed by atoms with Gasteiger partial charge in [-0.2, -0.15) is 0 Å². The Labute approximate surface area is 136 Å². The Morgan fingerprint density at radius 1 is 1.00 bits per heavy atom. The van der Waals surface area contributed by atoms with Gasteiger partial charge in [0.05, 0.1) is 17.4 Å². The maximum atomic E-state index is 12.5. The third-order valence-electron chi connectivity index (χ3n) is 4.01. The molecular formula is C18H11ClO4. The van der Waals surface area contributed by atoms with E-state index in [1.807, 2.05) is 18.2 Å². The van der Waals surface area contributed by atoms with Crippen molar-refractivity contribution in [2.75, 3.05) is 0 Å². The fraction of sp³-hybridized carbons (Fsp3) is 0.111. The van der Waals surface area contributed by atoms with E-state index in [9.17, 15) is 9.59 Å². The van der Waals surface area contributed by atoms with E-state index in [2.05, 4.69) is 0 Å². The Hall–Kier alpha value is -2.59. The SMILES string of the molecule is O=C1CC(c2ccc(Cl)cc2)c2c(c3ccccc3oc2=O)O1. The van der Waals surface area contributed by atoms with Crippen LogP contribution in [-0.4, -0.2) is 5.97 Å². The summed E-state index contributed by atoms with van der Waals surface area (Å²) >= 11 is 5.92. The smallest absolute Gasteiger partial charge is 0.343 e. The molecule has 0 radical (unpaired) electrons. The van der Waals surface area contributed by atoms with Gasteiger partial charge in [0.25, 0.3) is 0 Å². The lowest BCUT2D eigenvalue weighted by molar-refractivity contribution is -0.135. The molecule has 0 spiro atoms. The Morgan fingerprint density at radius 3 is 2.52 bits per heavy atom. The minimum absolute atomic E-state index is 0.0950. The summed E-state index contributed by atoms with van der Waals surface area (Å²) in [5.74, 6) is -0.467. The molecule has 4 nitrogen and oxygen atoms in total. The lowest BCUT2D eigenvalue weighted by Crippen LogP contribution is -2.26. The minimum atomic E-state index is -0.480. The van der Waals surface area contributed by atoms with Crippen molar-refractivity contribution in [3.05, 3.63) is 75.1 Å².